The summed E-state index contributed by atoms with van der Waals surface area (Å²) in [6, 6.07) is 5.23. The first kappa shape index (κ1) is 8.81. The molecule has 0 aliphatic rings. The molecule has 2 rings (SSSR count). The summed E-state index contributed by atoms with van der Waals surface area (Å²) in [4.78, 5) is 11.7. The molecule has 0 saturated heterocycles. The standard InChI is InChI=1S/C11H10O3/c1-8-10(4-6-13-8)11(12)7-9-3-2-5-14-9/h2-6H,7H2,1H3. The highest BCUT2D eigenvalue weighted by Gasteiger charge is 2.12. The Morgan fingerprint density at radius 3 is 2.71 bits per heavy atom. The maximum atomic E-state index is 11.7. The van der Waals surface area contributed by atoms with E-state index in [1.165, 1.54) is 6.26 Å². The average Bonchev–Trinajstić information content (AvgIpc) is 2.75. The zero-order valence-electron chi connectivity index (χ0n) is 7.82. The molecule has 0 N–H and O–H groups in total. The van der Waals surface area contributed by atoms with Crippen LogP contribution in [-0.2, 0) is 6.42 Å². The van der Waals surface area contributed by atoms with Crippen LogP contribution in [0.2, 0.25) is 0 Å². The molecule has 0 atom stereocenters. The van der Waals surface area contributed by atoms with Crippen LogP contribution in [0.25, 0.3) is 0 Å². The molecule has 3 nitrogen and oxygen atoms in total. The molecular formula is C11H10O3. The van der Waals surface area contributed by atoms with Crippen LogP contribution >= 0.6 is 0 Å². The third kappa shape index (κ3) is 1.62. The summed E-state index contributed by atoms with van der Waals surface area (Å²) >= 11 is 0. The molecule has 0 aliphatic heterocycles. The lowest BCUT2D eigenvalue weighted by atomic mass is 10.1. The Morgan fingerprint density at radius 1 is 1.29 bits per heavy atom. The van der Waals surface area contributed by atoms with E-state index in [0.29, 0.717) is 17.1 Å². The largest absolute Gasteiger partial charge is 0.469 e. The molecule has 2 aromatic heterocycles. The van der Waals surface area contributed by atoms with E-state index in [1.807, 2.05) is 0 Å². The van der Waals surface area contributed by atoms with Crippen molar-refractivity contribution < 1.29 is 13.6 Å². The summed E-state index contributed by atoms with van der Waals surface area (Å²) in [5.74, 6) is 1.35. The van der Waals surface area contributed by atoms with E-state index < -0.39 is 0 Å². The van der Waals surface area contributed by atoms with Crippen LogP contribution in [0.15, 0.2) is 39.6 Å². The van der Waals surface area contributed by atoms with E-state index in [0.717, 1.165) is 0 Å². The minimum absolute atomic E-state index is 0.0196. The first-order valence-corrected chi connectivity index (χ1v) is 4.37. The monoisotopic (exact) mass is 190 g/mol. The molecule has 0 spiro atoms. The number of hydrogen-bond donors (Lipinski definition) is 0. The molecule has 72 valence electrons. The van der Waals surface area contributed by atoms with Gasteiger partial charge in [-0.1, -0.05) is 0 Å². The predicted molar refractivity (Wildman–Crippen MR) is 50.2 cm³/mol. The van der Waals surface area contributed by atoms with Crippen LogP contribution < -0.4 is 0 Å². The Bertz CT molecular complexity index is 423. The van der Waals surface area contributed by atoms with Gasteiger partial charge in [0, 0.05) is 0 Å². The first-order chi connectivity index (χ1) is 6.77. The number of hydrogen-bond acceptors (Lipinski definition) is 3. The smallest absolute Gasteiger partial charge is 0.173 e. The van der Waals surface area contributed by atoms with E-state index in [9.17, 15) is 4.79 Å². The summed E-state index contributed by atoms with van der Waals surface area (Å²) in [6.07, 6.45) is 3.36. The first-order valence-electron chi connectivity index (χ1n) is 4.37. The van der Waals surface area contributed by atoms with Gasteiger partial charge in [0.1, 0.15) is 11.5 Å². The second kappa shape index (κ2) is 3.54. The van der Waals surface area contributed by atoms with Gasteiger partial charge < -0.3 is 8.83 Å². The Morgan fingerprint density at radius 2 is 2.14 bits per heavy atom. The second-order valence-electron chi connectivity index (χ2n) is 3.07. The second-order valence-corrected chi connectivity index (χ2v) is 3.07. The van der Waals surface area contributed by atoms with Crippen LogP contribution in [0.5, 0.6) is 0 Å². The number of carbonyl (C=O) groups excluding carboxylic acids is 1. The lowest BCUT2D eigenvalue weighted by Crippen LogP contribution is -2.02. The highest BCUT2D eigenvalue weighted by atomic mass is 16.3. The molecule has 0 aromatic carbocycles. The number of rotatable bonds is 3. The molecule has 0 saturated carbocycles. The van der Waals surface area contributed by atoms with Crippen LogP contribution in [-0.4, -0.2) is 5.78 Å². The van der Waals surface area contributed by atoms with Crippen molar-refractivity contribution in [3.05, 3.63) is 47.8 Å². The van der Waals surface area contributed by atoms with Gasteiger partial charge in [0.25, 0.3) is 0 Å². The third-order valence-electron chi connectivity index (χ3n) is 2.07. The van der Waals surface area contributed by atoms with Gasteiger partial charge in [0.15, 0.2) is 5.78 Å². The topological polar surface area (TPSA) is 43.4 Å². The van der Waals surface area contributed by atoms with Gasteiger partial charge in [0.05, 0.1) is 24.5 Å². The Labute approximate surface area is 81.3 Å². The minimum Gasteiger partial charge on any atom is -0.469 e. The summed E-state index contributed by atoms with van der Waals surface area (Å²) in [7, 11) is 0. The van der Waals surface area contributed by atoms with Crippen LogP contribution in [0, 0.1) is 6.92 Å². The van der Waals surface area contributed by atoms with Crippen molar-refractivity contribution in [2.45, 2.75) is 13.3 Å². The molecular weight excluding hydrogens is 180 g/mol. The fourth-order valence-corrected chi connectivity index (χ4v) is 1.34. The molecule has 0 fully saturated rings. The lowest BCUT2D eigenvalue weighted by Gasteiger charge is -1.95. The SMILES string of the molecule is Cc1occc1C(=O)Cc1ccco1. The van der Waals surface area contributed by atoms with Crippen LogP contribution in [0.4, 0.5) is 0 Å². The molecule has 2 aromatic rings. The van der Waals surface area contributed by atoms with Gasteiger partial charge in [0.2, 0.25) is 0 Å². The number of carbonyl (C=O) groups is 1. The number of furan rings is 2. The molecule has 0 amide bonds. The van der Waals surface area contributed by atoms with E-state index in [4.69, 9.17) is 8.83 Å². The van der Waals surface area contributed by atoms with E-state index >= 15 is 0 Å². The molecule has 14 heavy (non-hydrogen) atoms. The predicted octanol–water partition coefficient (Wildman–Crippen LogP) is 2.61. The Balaban J connectivity index is 2.14. The zero-order valence-corrected chi connectivity index (χ0v) is 7.82. The van der Waals surface area contributed by atoms with Gasteiger partial charge in [-0.05, 0) is 25.1 Å². The van der Waals surface area contributed by atoms with Crippen molar-refractivity contribution >= 4 is 5.78 Å². The molecule has 0 radical (unpaired) electrons. The Kier molecular flexibility index (Phi) is 2.23. The fourth-order valence-electron chi connectivity index (χ4n) is 1.34. The highest BCUT2D eigenvalue weighted by molar-refractivity contribution is 5.97. The van der Waals surface area contributed by atoms with Crippen LogP contribution in [0.1, 0.15) is 21.9 Å². The lowest BCUT2D eigenvalue weighted by molar-refractivity contribution is 0.0985. The molecule has 0 aliphatic carbocycles. The highest BCUT2D eigenvalue weighted by Crippen LogP contribution is 2.13. The van der Waals surface area contributed by atoms with Gasteiger partial charge in [-0.3, -0.25) is 4.79 Å². The van der Waals surface area contributed by atoms with Gasteiger partial charge in [-0.25, -0.2) is 0 Å². The van der Waals surface area contributed by atoms with Crippen LogP contribution in [0.3, 0.4) is 0 Å². The molecule has 0 bridgehead atoms. The number of ketones is 1. The Hall–Kier alpha value is -1.77. The van der Waals surface area contributed by atoms with Gasteiger partial charge in [-0.15, -0.1) is 0 Å². The van der Waals surface area contributed by atoms with Crippen molar-refractivity contribution in [1.29, 1.82) is 0 Å². The third-order valence-corrected chi connectivity index (χ3v) is 2.07. The van der Waals surface area contributed by atoms with Gasteiger partial charge >= 0.3 is 0 Å². The zero-order chi connectivity index (χ0) is 9.97. The van der Waals surface area contributed by atoms with E-state index in [2.05, 4.69) is 0 Å². The van der Waals surface area contributed by atoms with Crippen molar-refractivity contribution in [3.63, 3.8) is 0 Å². The van der Waals surface area contributed by atoms with Crippen molar-refractivity contribution in [1.82, 2.24) is 0 Å². The summed E-state index contributed by atoms with van der Waals surface area (Å²) < 4.78 is 10.1. The van der Waals surface area contributed by atoms with E-state index in [-0.39, 0.29) is 12.2 Å². The summed E-state index contributed by atoms with van der Waals surface area (Å²) in [6.45, 7) is 1.77. The summed E-state index contributed by atoms with van der Waals surface area (Å²) in [5.41, 5.74) is 0.626. The average molecular weight is 190 g/mol. The minimum atomic E-state index is 0.0196. The fraction of sp³-hybridized carbons (Fsp3) is 0.182. The number of Topliss-reactive ketones (excluding diaryl/α,β-unsaturated/α-hetero) is 1. The van der Waals surface area contributed by atoms with Gasteiger partial charge in [-0.2, -0.15) is 0 Å². The van der Waals surface area contributed by atoms with Crippen molar-refractivity contribution in [3.8, 4) is 0 Å². The summed E-state index contributed by atoms with van der Waals surface area (Å²) in [5, 5.41) is 0. The van der Waals surface area contributed by atoms with E-state index in [1.54, 1.807) is 31.4 Å². The maximum Gasteiger partial charge on any atom is 0.173 e. The maximum absolute atomic E-state index is 11.7. The molecule has 2 heterocycles. The molecule has 0 unspecified atom stereocenters. The van der Waals surface area contributed by atoms with Crippen molar-refractivity contribution in [2.24, 2.45) is 0 Å². The normalized spacial score (nSPS) is 10.4. The quantitative estimate of drug-likeness (QED) is 0.698. The van der Waals surface area contributed by atoms with Crippen molar-refractivity contribution in [2.75, 3.05) is 0 Å². The number of aryl methyl sites for hydroxylation is 1. The molecule has 3 heteroatoms.